The molecule has 2 aromatic carbocycles. The second-order valence-corrected chi connectivity index (χ2v) is 8.54. The van der Waals surface area contributed by atoms with Crippen molar-refractivity contribution in [1.29, 1.82) is 0 Å². The second-order valence-electron chi connectivity index (χ2n) is 6.60. The van der Waals surface area contributed by atoms with Crippen molar-refractivity contribution >= 4 is 15.8 Å². The smallest absolute Gasteiger partial charge is 0.243 e. The molecule has 0 bridgehead atoms. The highest BCUT2D eigenvalue weighted by molar-refractivity contribution is 7.89. The molecule has 0 spiro atoms. The molecule has 6 heteroatoms. The van der Waals surface area contributed by atoms with E-state index in [1.807, 2.05) is 18.2 Å². The van der Waals surface area contributed by atoms with Gasteiger partial charge in [-0.3, -0.25) is 9.69 Å². The van der Waals surface area contributed by atoms with Crippen LogP contribution in [0.3, 0.4) is 0 Å². The zero-order chi connectivity index (χ0) is 18.6. The molecule has 0 saturated carbocycles. The fourth-order valence-corrected chi connectivity index (χ4v) is 4.73. The Morgan fingerprint density at radius 2 is 1.73 bits per heavy atom. The van der Waals surface area contributed by atoms with Gasteiger partial charge in [0.05, 0.1) is 4.90 Å². The fraction of sp³-hybridized carbons (Fsp3) is 0.350. The van der Waals surface area contributed by atoms with Crippen LogP contribution in [0.25, 0.3) is 0 Å². The van der Waals surface area contributed by atoms with E-state index in [0.717, 1.165) is 19.5 Å². The molecule has 138 valence electrons. The molecule has 0 N–H and O–H groups in total. The molecule has 1 fully saturated rings. The highest BCUT2D eigenvalue weighted by Crippen LogP contribution is 2.20. The van der Waals surface area contributed by atoms with Gasteiger partial charge in [-0.15, -0.1) is 0 Å². The molecule has 0 aromatic heterocycles. The minimum Gasteiger partial charge on any atom is -0.298 e. The lowest BCUT2D eigenvalue weighted by Gasteiger charge is -2.22. The summed E-state index contributed by atoms with van der Waals surface area (Å²) >= 11 is 0. The Hall–Kier alpha value is -2.02. The van der Waals surface area contributed by atoms with E-state index in [0.29, 0.717) is 25.2 Å². The maximum Gasteiger partial charge on any atom is 0.243 e. The quantitative estimate of drug-likeness (QED) is 0.758. The van der Waals surface area contributed by atoms with Gasteiger partial charge in [0.25, 0.3) is 0 Å². The third kappa shape index (κ3) is 4.38. The highest BCUT2D eigenvalue weighted by atomic mass is 32.2. The number of carbonyl (C=O) groups is 1. The number of hydrogen-bond acceptors (Lipinski definition) is 4. The minimum atomic E-state index is -3.58. The van der Waals surface area contributed by atoms with Crippen molar-refractivity contribution < 1.29 is 13.2 Å². The number of Topliss-reactive ketones (excluding diaryl/α,β-unsaturated/α-hetero) is 1. The largest absolute Gasteiger partial charge is 0.298 e. The number of carbonyl (C=O) groups excluding carboxylic acids is 1. The molecule has 2 aromatic rings. The number of nitrogens with zero attached hydrogens (tertiary/aromatic N) is 2. The molecule has 5 nitrogen and oxygen atoms in total. The molecule has 3 rings (SSSR count). The Bertz CT molecular complexity index is 866. The molecular weight excluding hydrogens is 348 g/mol. The van der Waals surface area contributed by atoms with Gasteiger partial charge in [0, 0.05) is 31.7 Å². The first kappa shape index (κ1) is 18.8. The van der Waals surface area contributed by atoms with Crippen LogP contribution in [-0.4, -0.2) is 49.6 Å². The summed E-state index contributed by atoms with van der Waals surface area (Å²) in [5, 5.41) is 0. The summed E-state index contributed by atoms with van der Waals surface area (Å²) in [5.74, 6) is -0.132. The number of sulfonamides is 1. The molecule has 26 heavy (non-hydrogen) atoms. The van der Waals surface area contributed by atoms with Crippen molar-refractivity contribution in [3.05, 3.63) is 65.7 Å². The van der Waals surface area contributed by atoms with Gasteiger partial charge in [-0.05, 0) is 37.6 Å². The third-order valence-electron chi connectivity index (χ3n) is 4.67. The maximum atomic E-state index is 13.0. The van der Waals surface area contributed by atoms with E-state index >= 15 is 0 Å². The normalized spacial score (nSPS) is 17.0. The van der Waals surface area contributed by atoms with Crippen LogP contribution in [0.4, 0.5) is 0 Å². The van der Waals surface area contributed by atoms with E-state index in [4.69, 9.17) is 0 Å². The van der Waals surface area contributed by atoms with Gasteiger partial charge in [-0.1, -0.05) is 42.5 Å². The maximum absolute atomic E-state index is 13.0. The Labute approximate surface area is 155 Å². The van der Waals surface area contributed by atoms with E-state index in [2.05, 4.69) is 17.0 Å². The summed E-state index contributed by atoms with van der Waals surface area (Å²) in [7, 11) is -3.58. The van der Waals surface area contributed by atoms with Crippen LogP contribution in [-0.2, 0) is 16.6 Å². The van der Waals surface area contributed by atoms with Crippen molar-refractivity contribution in [2.45, 2.75) is 24.8 Å². The van der Waals surface area contributed by atoms with Crippen LogP contribution in [0.5, 0.6) is 0 Å². The average molecular weight is 372 g/mol. The van der Waals surface area contributed by atoms with Crippen molar-refractivity contribution in [3.63, 3.8) is 0 Å². The van der Waals surface area contributed by atoms with Crippen LogP contribution < -0.4 is 0 Å². The minimum absolute atomic E-state index is 0.132. The highest BCUT2D eigenvalue weighted by Gasteiger charge is 2.27. The van der Waals surface area contributed by atoms with Crippen molar-refractivity contribution in [3.8, 4) is 0 Å². The lowest BCUT2D eigenvalue weighted by molar-refractivity contribution is 0.101. The van der Waals surface area contributed by atoms with Gasteiger partial charge in [0.1, 0.15) is 0 Å². The van der Waals surface area contributed by atoms with Gasteiger partial charge in [0.15, 0.2) is 5.78 Å². The number of benzene rings is 2. The second kappa shape index (κ2) is 8.12. The number of rotatable bonds is 5. The topological polar surface area (TPSA) is 57.7 Å². The van der Waals surface area contributed by atoms with Crippen LogP contribution in [0.2, 0.25) is 0 Å². The first-order valence-electron chi connectivity index (χ1n) is 8.84. The molecule has 0 radical (unpaired) electrons. The SMILES string of the molecule is CC(=O)c1cccc(S(=O)(=O)N2CCCN(Cc3ccccc3)CC2)c1. The van der Waals surface area contributed by atoms with E-state index in [1.165, 1.54) is 22.9 Å². The number of ketones is 1. The van der Waals surface area contributed by atoms with E-state index in [-0.39, 0.29) is 10.7 Å². The molecule has 1 heterocycles. The molecule has 0 unspecified atom stereocenters. The average Bonchev–Trinajstić information content (AvgIpc) is 2.89. The molecule has 0 amide bonds. The van der Waals surface area contributed by atoms with Crippen LogP contribution in [0, 0.1) is 0 Å². The van der Waals surface area contributed by atoms with Crippen molar-refractivity contribution in [2.75, 3.05) is 26.2 Å². The summed E-state index contributed by atoms with van der Waals surface area (Å²) < 4.78 is 27.5. The fourth-order valence-electron chi connectivity index (χ4n) is 3.21. The van der Waals surface area contributed by atoms with Gasteiger partial charge in [0.2, 0.25) is 10.0 Å². The van der Waals surface area contributed by atoms with E-state index in [1.54, 1.807) is 18.2 Å². The van der Waals surface area contributed by atoms with Crippen LogP contribution in [0.15, 0.2) is 59.5 Å². The zero-order valence-corrected chi connectivity index (χ0v) is 15.8. The van der Waals surface area contributed by atoms with Gasteiger partial charge in [-0.25, -0.2) is 8.42 Å². The lowest BCUT2D eigenvalue weighted by Crippen LogP contribution is -2.35. The monoisotopic (exact) mass is 372 g/mol. The Morgan fingerprint density at radius 1 is 0.962 bits per heavy atom. The Balaban J connectivity index is 1.71. The molecular formula is C20H24N2O3S. The van der Waals surface area contributed by atoms with Crippen LogP contribution >= 0.6 is 0 Å². The molecule has 1 saturated heterocycles. The predicted molar refractivity (Wildman–Crippen MR) is 102 cm³/mol. The standard InChI is InChI=1S/C20H24N2O3S/c1-17(23)19-9-5-10-20(15-19)26(24,25)22-12-6-11-21(13-14-22)16-18-7-3-2-4-8-18/h2-5,7-10,15H,6,11-14,16H2,1H3. The molecule has 1 aliphatic rings. The Kier molecular flexibility index (Phi) is 5.86. The van der Waals surface area contributed by atoms with E-state index < -0.39 is 10.0 Å². The van der Waals surface area contributed by atoms with Crippen molar-refractivity contribution in [1.82, 2.24) is 9.21 Å². The first-order chi connectivity index (χ1) is 12.5. The summed E-state index contributed by atoms with van der Waals surface area (Å²) in [6.45, 7) is 4.79. The van der Waals surface area contributed by atoms with Gasteiger partial charge >= 0.3 is 0 Å². The number of hydrogen-bond donors (Lipinski definition) is 0. The van der Waals surface area contributed by atoms with Crippen LogP contribution in [0.1, 0.15) is 29.3 Å². The third-order valence-corrected chi connectivity index (χ3v) is 6.57. The van der Waals surface area contributed by atoms with Gasteiger partial charge < -0.3 is 0 Å². The summed E-state index contributed by atoms with van der Waals surface area (Å²) in [6, 6.07) is 16.5. The molecule has 1 aliphatic heterocycles. The summed E-state index contributed by atoms with van der Waals surface area (Å²) in [5.41, 5.74) is 1.66. The first-order valence-corrected chi connectivity index (χ1v) is 10.3. The van der Waals surface area contributed by atoms with E-state index in [9.17, 15) is 13.2 Å². The van der Waals surface area contributed by atoms with Gasteiger partial charge in [-0.2, -0.15) is 4.31 Å². The lowest BCUT2D eigenvalue weighted by atomic mass is 10.2. The molecule has 0 atom stereocenters. The summed E-state index contributed by atoms with van der Waals surface area (Å²) in [4.78, 5) is 14.0. The summed E-state index contributed by atoms with van der Waals surface area (Å²) in [6.07, 6.45) is 0.790. The zero-order valence-electron chi connectivity index (χ0n) is 15.0. The predicted octanol–water partition coefficient (Wildman–Crippen LogP) is 2.79. The molecule has 0 aliphatic carbocycles. The Morgan fingerprint density at radius 3 is 2.46 bits per heavy atom. The van der Waals surface area contributed by atoms with Crippen molar-refractivity contribution in [2.24, 2.45) is 0 Å².